The summed E-state index contributed by atoms with van der Waals surface area (Å²) >= 11 is 3.33. The van der Waals surface area contributed by atoms with Gasteiger partial charge in [-0.15, -0.1) is 0 Å². The molecule has 0 radical (unpaired) electrons. The van der Waals surface area contributed by atoms with Crippen molar-refractivity contribution in [2.75, 3.05) is 46.3 Å². The normalized spacial score (nSPS) is 14.1. The van der Waals surface area contributed by atoms with Crippen LogP contribution in [0.25, 0.3) is 5.57 Å². The predicted molar refractivity (Wildman–Crippen MR) is 116 cm³/mol. The molecule has 7 nitrogen and oxygen atoms in total. The van der Waals surface area contributed by atoms with Gasteiger partial charge in [0.2, 0.25) is 5.91 Å². The molecule has 1 aliphatic rings. The van der Waals surface area contributed by atoms with Crippen LogP contribution in [-0.4, -0.2) is 56.8 Å². The number of ether oxygens (including phenoxy) is 3. The fourth-order valence-electron chi connectivity index (χ4n) is 3.24. The number of pyridine rings is 1. The Balaban J connectivity index is 1.67. The molecule has 8 heteroatoms. The van der Waals surface area contributed by atoms with Gasteiger partial charge in [0.15, 0.2) is 0 Å². The molecule has 1 aromatic heterocycles. The Morgan fingerprint density at radius 3 is 2.41 bits per heavy atom. The Morgan fingerprint density at radius 2 is 1.90 bits per heavy atom. The van der Waals surface area contributed by atoms with Crippen LogP contribution in [0.4, 0.5) is 5.82 Å². The van der Waals surface area contributed by atoms with Gasteiger partial charge in [-0.1, -0.05) is 6.08 Å². The van der Waals surface area contributed by atoms with Crippen molar-refractivity contribution < 1.29 is 19.0 Å². The largest absolute Gasteiger partial charge is 0.496 e. The number of carbonyl (C=O) groups is 1. The third-order valence-corrected chi connectivity index (χ3v) is 5.16. The quantitative estimate of drug-likeness (QED) is 0.678. The van der Waals surface area contributed by atoms with E-state index in [0.29, 0.717) is 36.2 Å². The maximum Gasteiger partial charge on any atom is 0.239 e. The molecular formula is C21H24BrN3O4. The van der Waals surface area contributed by atoms with Crippen LogP contribution < -0.4 is 19.5 Å². The van der Waals surface area contributed by atoms with Crippen molar-refractivity contribution in [3.8, 4) is 17.2 Å². The van der Waals surface area contributed by atoms with Crippen LogP contribution in [0.5, 0.6) is 17.2 Å². The van der Waals surface area contributed by atoms with Gasteiger partial charge in [0, 0.05) is 35.9 Å². The number of methoxy groups -OCH3 is 3. The van der Waals surface area contributed by atoms with E-state index in [2.05, 4.69) is 37.2 Å². The summed E-state index contributed by atoms with van der Waals surface area (Å²) in [5.74, 6) is 2.55. The second-order valence-corrected chi connectivity index (χ2v) is 7.45. The standard InChI is InChI=1S/C21H24BrN3O4/c1-27-16-10-17(28-2)21(18(11-16)29-3)14-6-8-25(9-7-14)13-20(26)24-19-5-4-15(22)12-23-19/h4-6,10-12H,7-9,13H2,1-3H3,(H,23,24,26). The van der Waals surface area contributed by atoms with E-state index >= 15 is 0 Å². The monoisotopic (exact) mass is 461 g/mol. The Kier molecular flexibility index (Phi) is 7.11. The fraction of sp³-hybridized carbons (Fsp3) is 0.333. The number of carbonyl (C=O) groups excluding carboxylic acids is 1. The van der Waals surface area contributed by atoms with E-state index in [-0.39, 0.29) is 5.91 Å². The average Bonchev–Trinajstić information content (AvgIpc) is 2.75. The van der Waals surface area contributed by atoms with Crippen LogP contribution in [0.2, 0.25) is 0 Å². The fourth-order valence-corrected chi connectivity index (χ4v) is 3.47. The number of halogens is 1. The van der Waals surface area contributed by atoms with Crippen LogP contribution >= 0.6 is 15.9 Å². The predicted octanol–water partition coefficient (Wildman–Crippen LogP) is 3.60. The molecule has 0 bridgehead atoms. The van der Waals surface area contributed by atoms with Crippen LogP contribution in [0.1, 0.15) is 12.0 Å². The molecule has 0 saturated heterocycles. The third-order valence-electron chi connectivity index (χ3n) is 4.69. The zero-order valence-corrected chi connectivity index (χ0v) is 18.3. The second-order valence-electron chi connectivity index (χ2n) is 6.53. The topological polar surface area (TPSA) is 72.9 Å². The lowest BCUT2D eigenvalue weighted by Crippen LogP contribution is -2.36. The van der Waals surface area contributed by atoms with Crippen molar-refractivity contribution in [3.05, 3.63) is 46.6 Å². The summed E-state index contributed by atoms with van der Waals surface area (Å²) in [7, 11) is 4.88. The minimum absolute atomic E-state index is 0.0868. The number of aromatic nitrogens is 1. The molecule has 0 spiro atoms. The molecule has 0 saturated carbocycles. The van der Waals surface area contributed by atoms with E-state index in [1.807, 2.05) is 18.2 Å². The Hall–Kier alpha value is -2.58. The first-order valence-electron chi connectivity index (χ1n) is 9.17. The lowest BCUT2D eigenvalue weighted by atomic mass is 9.97. The highest BCUT2D eigenvalue weighted by Crippen LogP contribution is 2.40. The molecule has 1 N–H and O–H groups in total. The van der Waals surface area contributed by atoms with Crippen molar-refractivity contribution in [1.82, 2.24) is 9.88 Å². The van der Waals surface area contributed by atoms with E-state index < -0.39 is 0 Å². The zero-order valence-electron chi connectivity index (χ0n) is 16.7. The zero-order chi connectivity index (χ0) is 20.8. The SMILES string of the molecule is COc1cc(OC)c(C2=CCN(CC(=O)Nc3ccc(Br)cn3)CC2)c(OC)c1. The van der Waals surface area contributed by atoms with E-state index in [0.717, 1.165) is 28.6 Å². The maximum atomic E-state index is 12.3. The van der Waals surface area contributed by atoms with Gasteiger partial charge in [-0.25, -0.2) is 4.98 Å². The first kappa shape index (κ1) is 21.1. The molecule has 1 aromatic carbocycles. The second kappa shape index (κ2) is 9.76. The maximum absolute atomic E-state index is 12.3. The van der Waals surface area contributed by atoms with Crippen molar-refractivity contribution in [3.63, 3.8) is 0 Å². The minimum atomic E-state index is -0.0868. The van der Waals surface area contributed by atoms with Crippen molar-refractivity contribution >= 4 is 33.2 Å². The molecule has 29 heavy (non-hydrogen) atoms. The van der Waals surface area contributed by atoms with Gasteiger partial charge in [-0.05, 0) is 40.1 Å². The highest BCUT2D eigenvalue weighted by atomic mass is 79.9. The summed E-state index contributed by atoms with van der Waals surface area (Å²) in [6.45, 7) is 1.72. The van der Waals surface area contributed by atoms with E-state index in [9.17, 15) is 4.79 Å². The van der Waals surface area contributed by atoms with E-state index in [4.69, 9.17) is 14.2 Å². The smallest absolute Gasteiger partial charge is 0.239 e. The summed E-state index contributed by atoms with van der Waals surface area (Å²) in [5.41, 5.74) is 2.06. The number of nitrogens with zero attached hydrogens (tertiary/aromatic N) is 2. The van der Waals surface area contributed by atoms with Crippen LogP contribution in [-0.2, 0) is 4.79 Å². The minimum Gasteiger partial charge on any atom is -0.496 e. The molecule has 1 amide bonds. The first-order valence-corrected chi connectivity index (χ1v) is 9.96. The summed E-state index contributed by atoms with van der Waals surface area (Å²) in [6, 6.07) is 7.31. The Morgan fingerprint density at radius 1 is 1.17 bits per heavy atom. The summed E-state index contributed by atoms with van der Waals surface area (Å²) < 4.78 is 17.3. The molecule has 3 rings (SSSR count). The van der Waals surface area contributed by atoms with Crippen molar-refractivity contribution in [2.45, 2.75) is 6.42 Å². The number of nitrogens with one attached hydrogen (secondary N) is 1. The molecule has 2 aromatic rings. The molecule has 0 unspecified atom stereocenters. The third kappa shape index (κ3) is 5.27. The number of hydrogen-bond acceptors (Lipinski definition) is 6. The molecular weight excluding hydrogens is 438 g/mol. The molecule has 1 aliphatic heterocycles. The van der Waals surface area contributed by atoms with Gasteiger partial charge < -0.3 is 19.5 Å². The Labute approximate surface area is 178 Å². The van der Waals surface area contributed by atoms with Gasteiger partial charge in [-0.3, -0.25) is 9.69 Å². The average molecular weight is 462 g/mol. The van der Waals surface area contributed by atoms with Crippen LogP contribution in [0.15, 0.2) is 41.0 Å². The highest BCUT2D eigenvalue weighted by molar-refractivity contribution is 9.10. The lowest BCUT2D eigenvalue weighted by Gasteiger charge is -2.27. The number of amides is 1. The van der Waals surface area contributed by atoms with Gasteiger partial charge in [0.05, 0.1) is 33.4 Å². The van der Waals surface area contributed by atoms with Crippen LogP contribution in [0.3, 0.4) is 0 Å². The van der Waals surface area contributed by atoms with Crippen LogP contribution in [0, 0.1) is 0 Å². The van der Waals surface area contributed by atoms with Gasteiger partial charge in [0.25, 0.3) is 0 Å². The van der Waals surface area contributed by atoms with Gasteiger partial charge >= 0.3 is 0 Å². The number of anilines is 1. The molecule has 2 heterocycles. The van der Waals surface area contributed by atoms with Gasteiger partial charge in [-0.2, -0.15) is 0 Å². The number of rotatable bonds is 7. The number of benzene rings is 1. The molecule has 0 atom stereocenters. The van der Waals surface area contributed by atoms with E-state index in [1.54, 1.807) is 33.6 Å². The Bertz CT molecular complexity index is 874. The lowest BCUT2D eigenvalue weighted by molar-refractivity contribution is -0.117. The first-order chi connectivity index (χ1) is 14.0. The summed E-state index contributed by atoms with van der Waals surface area (Å²) in [5, 5.41) is 2.82. The van der Waals surface area contributed by atoms with Gasteiger partial charge in [0.1, 0.15) is 23.1 Å². The molecule has 0 fully saturated rings. The van der Waals surface area contributed by atoms with Crippen molar-refractivity contribution in [2.24, 2.45) is 0 Å². The van der Waals surface area contributed by atoms with Crippen molar-refractivity contribution in [1.29, 1.82) is 0 Å². The summed E-state index contributed by atoms with van der Waals surface area (Å²) in [4.78, 5) is 18.6. The molecule has 0 aliphatic carbocycles. The summed E-state index contributed by atoms with van der Waals surface area (Å²) in [6.07, 6.45) is 4.55. The van der Waals surface area contributed by atoms with E-state index in [1.165, 1.54) is 0 Å². The highest BCUT2D eigenvalue weighted by Gasteiger charge is 2.22. The molecule has 154 valence electrons. The number of hydrogen-bond donors (Lipinski definition) is 1.